The van der Waals surface area contributed by atoms with Crippen molar-refractivity contribution in [1.82, 2.24) is 4.98 Å². The number of nitroso groups, excluding NO2 is 1. The highest BCUT2D eigenvalue weighted by Gasteiger charge is 2.13. The van der Waals surface area contributed by atoms with E-state index >= 15 is 0 Å². The van der Waals surface area contributed by atoms with E-state index in [2.05, 4.69) is 10.2 Å². The number of aromatic hydroxyl groups is 2. The highest BCUT2D eigenvalue weighted by atomic mass is 16.3. The van der Waals surface area contributed by atoms with Crippen molar-refractivity contribution in [3.05, 3.63) is 29.2 Å². The molecule has 5 nitrogen and oxygen atoms in total. The van der Waals surface area contributed by atoms with Crippen LogP contribution in [0.25, 0.3) is 10.9 Å². The largest absolute Gasteiger partial charge is 0.505 e. The lowest BCUT2D eigenvalue weighted by Gasteiger charge is -2.02. The van der Waals surface area contributed by atoms with Gasteiger partial charge in [0.1, 0.15) is 0 Å². The Morgan fingerprint density at radius 3 is 2.64 bits per heavy atom. The number of rotatable bonds is 1. The summed E-state index contributed by atoms with van der Waals surface area (Å²) < 4.78 is 0. The van der Waals surface area contributed by atoms with Crippen LogP contribution in [-0.4, -0.2) is 15.2 Å². The number of hydrogen-bond donors (Lipinski definition) is 2. The molecule has 1 aromatic carbocycles. The summed E-state index contributed by atoms with van der Waals surface area (Å²) in [7, 11) is 0. The predicted molar refractivity (Wildman–Crippen MR) is 50.5 cm³/mol. The Morgan fingerprint density at radius 2 is 1.93 bits per heavy atom. The zero-order valence-electron chi connectivity index (χ0n) is 7.01. The van der Waals surface area contributed by atoms with Gasteiger partial charge in [-0.1, -0.05) is 12.1 Å². The van der Waals surface area contributed by atoms with Crippen molar-refractivity contribution >= 4 is 16.6 Å². The fraction of sp³-hybridized carbons (Fsp3) is 0. The molecule has 0 spiro atoms. The summed E-state index contributed by atoms with van der Waals surface area (Å²) in [5.41, 5.74) is -0.0152. The zero-order chi connectivity index (χ0) is 10.1. The fourth-order valence-corrected chi connectivity index (χ4v) is 1.26. The molecule has 0 aliphatic rings. The highest BCUT2D eigenvalue weighted by molar-refractivity contribution is 5.90. The number of nitrogens with zero attached hydrogens (tertiary/aromatic N) is 2. The van der Waals surface area contributed by atoms with Crippen LogP contribution >= 0.6 is 0 Å². The van der Waals surface area contributed by atoms with Gasteiger partial charge >= 0.3 is 0 Å². The molecule has 14 heavy (non-hydrogen) atoms. The second-order valence-corrected chi connectivity index (χ2v) is 2.74. The van der Waals surface area contributed by atoms with E-state index in [-0.39, 0.29) is 5.75 Å². The van der Waals surface area contributed by atoms with Crippen molar-refractivity contribution in [3.8, 4) is 11.6 Å². The van der Waals surface area contributed by atoms with Gasteiger partial charge in [-0.15, -0.1) is 4.91 Å². The van der Waals surface area contributed by atoms with Crippen molar-refractivity contribution in [2.45, 2.75) is 0 Å². The number of hydrogen-bond acceptors (Lipinski definition) is 5. The maximum absolute atomic E-state index is 10.3. The van der Waals surface area contributed by atoms with Gasteiger partial charge in [0.15, 0.2) is 5.75 Å². The van der Waals surface area contributed by atoms with Crippen LogP contribution in [0.2, 0.25) is 0 Å². The molecule has 0 amide bonds. The van der Waals surface area contributed by atoms with Crippen LogP contribution in [0.1, 0.15) is 0 Å². The first-order chi connectivity index (χ1) is 6.74. The minimum atomic E-state index is -0.559. The Kier molecular flexibility index (Phi) is 1.78. The lowest BCUT2D eigenvalue weighted by atomic mass is 10.2. The minimum absolute atomic E-state index is 0.344. The number of benzene rings is 1. The third-order valence-corrected chi connectivity index (χ3v) is 1.91. The van der Waals surface area contributed by atoms with Gasteiger partial charge in [-0.3, -0.25) is 0 Å². The van der Waals surface area contributed by atoms with E-state index in [1.54, 1.807) is 24.3 Å². The van der Waals surface area contributed by atoms with Crippen molar-refractivity contribution in [2.24, 2.45) is 5.18 Å². The van der Waals surface area contributed by atoms with Crippen LogP contribution in [0, 0.1) is 4.91 Å². The molecule has 2 rings (SSSR count). The smallest absolute Gasteiger partial charge is 0.245 e. The quantitative estimate of drug-likeness (QED) is 0.674. The van der Waals surface area contributed by atoms with Crippen LogP contribution in [0.4, 0.5) is 5.69 Å². The monoisotopic (exact) mass is 190 g/mol. The molecule has 2 aromatic rings. The molecule has 0 saturated heterocycles. The molecule has 1 aromatic heterocycles. The van der Waals surface area contributed by atoms with Crippen LogP contribution in [0.5, 0.6) is 11.6 Å². The first-order valence-electron chi connectivity index (χ1n) is 3.88. The molecule has 0 unspecified atom stereocenters. The van der Waals surface area contributed by atoms with Crippen molar-refractivity contribution in [1.29, 1.82) is 0 Å². The summed E-state index contributed by atoms with van der Waals surface area (Å²) in [6.45, 7) is 0. The number of para-hydroxylation sites is 1. The molecule has 0 fully saturated rings. The second-order valence-electron chi connectivity index (χ2n) is 2.74. The predicted octanol–water partition coefficient (Wildman–Crippen LogP) is 2.04. The molecular formula is C9H6N2O3. The van der Waals surface area contributed by atoms with E-state index in [1.807, 2.05) is 0 Å². The Morgan fingerprint density at radius 1 is 1.21 bits per heavy atom. The van der Waals surface area contributed by atoms with E-state index in [0.717, 1.165) is 0 Å². The van der Waals surface area contributed by atoms with E-state index in [9.17, 15) is 15.1 Å². The summed E-state index contributed by atoms with van der Waals surface area (Å²) in [5.74, 6) is -0.903. The molecule has 0 aliphatic carbocycles. The highest BCUT2D eigenvalue weighted by Crippen LogP contribution is 2.39. The van der Waals surface area contributed by atoms with Crippen molar-refractivity contribution in [2.75, 3.05) is 0 Å². The summed E-state index contributed by atoms with van der Waals surface area (Å²) in [6.07, 6.45) is 0. The average Bonchev–Trinajstić information content (AvgIpc) is 2.18. The van der Waals surface area contributed by atoms with Crippen LogP contribution in [-0.2, 0) is 0 Å². The number of aromatic nitrogens is 1. The molecule has 0 bridgehead atoms. The van der Waals surface area contributed by atoms with Gasteiger partial charge in [-0.2, -0.15) is 0 Å². The maximum Gasteiger partial charge on any atom is 0.245 e. The summed E-state index contributed by atoms with van der Waals surface area (Å²) in [4.78, 5) is 14.0. The first-order valence-corrected chi connectivity index (χ1v) is 3.88. The molecule has 0 saturated carbocycles. The van der Waals surface area contributed by atoms with Gasteiger partial charge in [0, 0.05) is 5.39 Å². The van der Waals surface area contributed by atoms with Crippen molar-refractivity contribution in [3.63, 3.8) is 0 Å². The summed E-state index contributed by atoms with van der Waals surface area (Å²) in [6, 6.07) is 6.60. The van der Waals surface area contributed by atoms with Crippen LogP contribution in [0.15, 0.2) is 29.4 Å². The second kappa shape index (κ2) is 2.95. The van der Waals surface area contributed by atoms with Gasteiger partial charge in [0.25, 0.3) is 0 Å². The summed E-state index contributed by atoms with van der Waals surface area (Å²) in [5, 5.41) is 21.7. The Balaban J connectivity index is 2.92. The summed E-state index contributed by atoms with van der Waals surface area (Å²) >= 11 is 0. The lowest BCUT2D eigenvalue weighted by Crippen LogP contribution is -1.81. The average molecular weight is 190 g/mol. The normalized spacial score (nSPS) is 10.3. The van der Waals surface area contributed by atoms with Gasteiger partial charge in [-0.05, 0) is 17.3 Å². The lowest BCUT2D eigenvalue weighted by molar-refractivity contribution is 0.443. The van der Waals surface area contributed by atoms with Crippen LogP contribution in [0.3, 0.4) is 0 Å². The van der Waals surface area contributed by atoms with Gasteiger partial charge in [-0.25, -0.2) is 4.98 Å². The van der Waals surface area contributed by atoms with E-state index < -0.39 is 11.6 Å². The molecule has 2 N–H and O–H groups in total. The molecule has 1 heterocycles. The maximum atomic E-state index is 10.3. The standard InChI is InChI=1S/C9H6N2O3/c12-8-5-3-1-2-4-6(5)10-9(13)7(8)11-14/h1-4H,(H2,10,12,13). The zero-order valence-corrected chi connectivity index (χ0v) is 7.01. The Labute approximate surface area is 78.6 Å². The van der Waals surface area contributed by atoms with Gasteiger partial charge < -0.3 is 10.2 Å². The third kappa shape index (κ3) is 1.06. The van der Waals surface area contributed by atoms with E-state index in [4.69, 9.17) is 0 Å². The van der Waals surface area contributed by atoms with Crippen molar-refractivity contribution < 1.29 is 10.2 Å². The Hall–Kier alpha value is -2.17. The number of fused-ring (bicyclic) bond motifs is 1. The van der Waals surface area contributed by atoms with Crippen LogP contribution < -0.4 is 0 Å². The number of pyridine rings is 1. The van der Waals surface area contributed by atoms with E-state index in [0.29, 0.717) is 10.9 Å². The molecule has 0 radical (unpaired) electrons. The third-order valence-electron chi connectivity index (χ3n) is 1.91. The topological polar surface area (TPSA) is 82.8 Å². The van der Waals surface area contributed by atoms with Gasteiger partial charge in [0.2, 0.25) is 11.6 Å². The fourth-order valence-electron chi connectivity index (χ4n) is 1.26. The molecule has 70 valence electrons. The molecular weight excluding hydrogens is 184 g/mol. The first kappa shape index (κ1) is 8.43. The van der Waals surface area contributed by atoms with E-state index in [1.165, 1.54) is 0 Å². The molecule has 0 aliphatic heterocycles. The molecule has 5 heteroatoms. The SMILES string of the molecule is O=Nc1c(O)nc2ccccc2c1O. The molecule has 0 atom stereocenters. The minimum Gasteiger partial charge on any atom is -0.505 e. The Bertz CT molecular complexity index is 511. The van der Waals surface area contributed by atoms with Gasteiger partial charge in [0.05, 0.1) is 5.52 Å².